The Morgan fingerprint density at radius 2 is 1.92 bits per heavy atom. The van der Waals surface area contributed by atoms with E-state index in [0.717, 1.165) is 12.0 Å². The van der Waals surface area contributed by atoms with Gasteiger partial charge in [-0.3, -0.25) is 0 Å². The van der Waals surface area contributed by atoms with Crippen molar-refractivity contribution in [3.05, 3.63) is 0 Å². The Morgan fingerprint density at radius 1 is 1.08 bits per heavy atom. The molecule has 1 saturated carbocycles. The summed E-state index contributed by atoms with van der Waals surface area (Å²) in [5, 5.41) is 3.68. The Bertz CT molecular complexity index is 168. The normalized spacial score (nSPS) is 39.2. The van der Waals surface area contributed by atoms with Crippen LogP contribution < -0.4 is 5.32 Å². The number of nitrogens with one attached hydrogen (secondary N) is 1. The lowest BCUT2D eigenvalue weighted by molar-refractivity contribution is 0.105. The highest BCUT2D eigenvalue weighted by molar-refractivity contribution is 4.92. The van der Waals surface area contributed by atoms with Gasteiger partial charge in [-0.05, 0) is 43.6 Å². The van der Waals surface area contributed by atoms with Gasteiger partial charge in [0.1, 0.15) is 0 Å². The number of hydrogen-bond donors (Lipinski definition) is 1. The smallest absolute Gasteiger partial charge is 0.0101 e. The minimum atomic E-state index is 0.597. The zero-order valence-corrected chi connectivity index (χ0v) is 9.10. The van der Waals surface area contributed by atoms with Gasteiger partial charge in [0.05, 0.1) is 0 Å². The van der Waals surface area contributed by atoms with Gasteiger partial charge >= 0.3 is 0 Å². The average molecular weight is 181 g/mol. The molecule has 2 rings (SSSR count). The largest absolute Gasteiger partial charge is 0.314 e. The third-order valence-corrected chi connectivity index (χ3v) is 4.17. The SMILES string of the molecule is CC1(C)CCCCC1C1CCCN1. The highest BCUT2D eigenvalue weighted by atomic mass is 14.9. The number of rotatable bonds is 1. The molecule has 0 aromatic rings. The quantitative estimate of drug-likeness (QED) is 0.656. The van der Waals surface area contributed by atoms with Gasteiger partial charge in [-0.2, -0.15) is 0 Å². The Morgan fingerprint density at radius 3 is 2.54 bits per heavy atom. The zero-order valence-electron chi connectivity index (χ0n) is 9.10. The first-order chi connectivity index (χ1) is 6.20. The molecule has 2 atom stereocenters. The summed E-state index contributed by atoms with van der Waals surface area (Å²) >= 11 is 0. The van der Waals surface area contributed by atoms with Crippen LogP contribution in [0.1, 0.15) is 52.4 Å². The van der Waals surface area contributed by atoms with Crippen molar-refractivity contribution in [1.29, 1.82) is 0 Å². The molecule has 0 spiro atoms. The third-order valence-electron chi connectivity index (χ3n) is 4.17. The van der Waals surface area contributed by atoms with E-state index in [2.05, 4.69) is 19.2 Å². The second-order valence-corrected chi connectivity index (χ2v) is 5.54. The maximum absolute atomic E-state index is 3.68. The number of hydrogen-bond acceptors (Lipinski definition) is 1. The summed E-state index contributed by atoms with van der Waals surface area (Å²) in [4.78, 5) is 0. The molecule has 0 aromatic heterocycles. The van der Waals surface area contributed by atoms with Crippen molar-refractivity contribution in [2.24, 2.45) is 11.3 Å². The second-order valence-electron chi connectivity index (χ2n) is 5.54. The van der Waals surface area contributed by atoms with Gasteiger partial charge in [0.2, 0.25) is 0 Å². The predicted molar refractivity (Wildman–Crippen MR) is 56.8 cm³/mol. The monoisotopic (exact) mass is 181 g/mol. The van der Waals surface area contributed by atoms with Crippen LogP contribution in [0, 0.1) is 11.3 Å². The molecule has 0 bridgehead atoms. The van der Waals surface area contributed by atoms with Crippen molar-refractivity contribution in [3.63, 3.8) is 0 Å². The van der Waals surface area contributed by atoms with Crippen LogP contribution in [-0.2, 0) is 0 Å². The molecule has 2 fully saturated rings. The lowest BCUT2D eigenvalue weighted by Gasteiger charge is -2.42. The van der Waals surface area contributed by atoms with E-state index in [1.807, 2.05) is 0 Å². The molecule has 1 nitrogen and oxygen atoms in total. The summed E-state index contributed by atoms with van der Waals surface area (Å²) in [6.07, 6.45) is 8.65. The Balaban J connectivity index is 2.02. The van der Waals surface area contributed by atoms with E-state index in [0.29, 0.717) is 5.41 Å². The van der Waals surface area contributed by atoms with Gasteiger partial charge in [0, 0.05) is 6.04 Å². The lowest BCUT2D eigenvalue weighted by atomic mass is 9.65. The van der Waals surface area contributed by atoms with Crippen molar-refractivity contribution in [3.8, 4) is 0 Å². The highest BCUT2D eigenvalue weighted by Gasteiger charge is 2.38. The van der Waals surface area contributed by atoms with E-state index in [1.54, 1.807) is 0 Å². The Labute approximate surface area is 82.3 Å². The van der Waals surface area contributed by atoms with Crippen molar-refractivity contribution in [1.82, 2.24) is 5.32 Å². The summed E-state index contributed by atoms with van der Waals surface area (Å²) in [5.74, 6) is 0.948. The zero-order chi connectivity index (χ0) is 9.31. The first-order valence-electron chi connectivity index (χ1n) is 5.93. The fourth-order valence-corrected chi connectivity index (χ4v) is 3.32. The van der Waals surface area contributed by atoms with E-state index in [4.69, 9.17) is 0 Å². The predicted octanol–water partition coefficient (Wildman–Crippen LogP) is 2.95. The van der Waals surface area contributed by atoms with Crippen molar-refractivity contribution in [2.45, 2.75) is 58.4 Å². The van der Waals surface area contributed by atoms with E-state index in [9.17, 15) is 0 Å². The van der Waals surface area contributed by atoms with E-state index >= 15 is 0 Å². The van der Waals surface area contributed by atoms with Crippen molar-refractivity contribution < 1.29 is 0 Å². The van der Waals surface area contributed by atoms with Gasteiger partial charge < -0.3 is 5.32 Å². The van der Waals surface area contributed by atoms with Crippen LogP contribution in [-0.4, -0.2) is 12.6 Å². The maximum Gasteiger partial charge on any atom is 0.0101 e. The van der Waals surface area contributed by atoms with Crippen molar-refractivity contribution >= 4 is 0 Å². The third kappa shape index (κ3) is 1.90. The summed E-state index contributed by atoms with van der Waals surface area (Å²) < 4.78 is 0. The van der Waals surface area contributed by atoms with E-state index in [1.165, 1.54) is 45.1 Å². The fraction of sp³-hybridized carbons (Fsp3) is 1.00. The molecule has 1 aliphatic carbocycles. The van der Waals surface area contributed by atoms with Crippen molar-refractivity contribution in [2.75, 3.05) is 6.54 Å². The Kier molecular flexibility index (Phi) is 2.64. The topological polar surface area (TPSA) is 12.0 Å². The molecule has 0 amide bonds. The van der Waals surface area contributed by atoms with Crippen LogP contribution in [0.4, 0.5) is 0 Å². The first kappa shape index (κ1) is 9.51. The van der Waals surface area contributed by atoms with E-state index in [-0.39, 0.29) is 0 Å². The molecule has 2 aliphatic rings. The van der Waals surface area contributed by atoms with Crippen LogP contribution in [0.3, 0.4) is 0 Å². The van der Waals surface area contributed by atoms with Gasteiger partial charge in [0.25, 0.3) is 0 Å². The summed E-state index contributed by atoms with van der Waals surface area (Å²) in [6.45, 7) is 6.20. The minimum absolute atomic E-state index is 0.597. The molecule has 1 heterocycles. The molecule has 1 heteroatoms. The molecule has 0 radical (unpaired) electrons. The molecule has 0 aromatic carbocycles. The summed E-state index contributed by atoms with van der Waals surface area (Å²) in [7, 11) is 0. The van der Waals surface area contributed by atoms with E-state index < -0.39 is 0 Å². The maximum atomic E-state index is 3.68. The lowest BCUT2D eigenvalue weighted by Crippen LogP contribution is -2.41. The average Bonchev–Trinajstić information content (AvgIpc) is 2.55. The summed E-state index contributed by atoms with van der Waals surface area (Å²) in [6, 6.07) is 0.843. The molecular weight excluding hydrogens is 158 g/mol. The fourth-order valence-electron chi connectivity index (χ4n) is 3.32. The molecule has 13 heavy (non-hydrogen) atoms. The van der Waals surface area contributed by atoms with Crippen LogP contribution in [0.5, 0.6) is 0 Å². The molecule has 1 aliphatic heterocycles. The van der Waals surface area contributed by atoms with Gasteiger partial charge in [0.15, 0.2) is 0 Å². The van der Waals surface area contributed by atoms with Gasteiger partial charge in [-0.1, -0.05) is 26.7 Å². The van der Waals surface area contributed by atoms with Crippen LogP contribution >= 0.6 is 0 Å². The molecule has 76 valence electrons. The molecule has 2 unspecified atom stereocenters. The minimum Gasteiger partial charge on any atom is -0.314 e. The van der Waals surface area contributed by atoms with Crippen LogP contribution in [0.15, 0.2) is 0 Å². The highest BCUT2D eigenvalue weighted by Crippen LogP contribution is 2.43. The van der Waals surface area contributed by atoms with Gasteiger partial charge in [-0.25, -0.2) is 0 Å². The second kappa shape index (κ2) is 3.61. The van der Waals surface area contributed by atoms with Crippen LogP contribution in [0.2, 0.25) is 0 Å². The summed E-state index contributed by atoms with van der Waals surface area (Å²) in [5.41, 5.74) is 0.597. The molecular formula is C12H23N. The first-order valence-corrected chi connectivity index (χ1v) is 5.93. The van der Waals surface area contributed by atoms with Crippen LogP contribution in [0.25, 0.3) is 0 Å². The standard InChI is InChI=1S/C12H23N/c1-12(2)8-4-3-6-10(12)11-7-5-9-13-11/h10-11,13H,3-9H2,1-2H3. The molecule has 1 saturated heterocycles. The Hall–Kier alpha value is -0.0400. The molecule has 1 N–H and O–H groups in total. The van der Waals surface area contributed by atoms with Gasteiger partial charge in [-0.15, -0.1) is 0 Å².